The van der Waals surface area contributed by atoms with Crippen LogP contribution in [0.25, 0.3) is 0 Å². The van der Waals surface area contributed by atoms with Crippen LogP contribution in [-0.2, 0) is 16.1 Å². The number of carbonyl (C=O) groups excluding carboxylic acids is 1. The Balaban J connectivity index is 1.47. The van der Waals surface area contributed by atoms with Crippen LogP contribution in [0.2, 0.25) is 0 Å². The van der Waals surface area contributed by atoms with Gasteiger partial charge in [0.2, 0.25) is 5.91 Å². The van der Waals surface area contributed by atoms with Gasteiger partial charge in [0.1, 0.15) is 5.75 Å². The Labute approximate surface area is 162 Å². The number of nitrogens with zero attached hydrogens (tertiary/aromatic N) is 2. The zero-order valence-electron chi connectivity index (χ0n) is 16.5. The Bertz CT molecular complexity index is 590. The van der Waals surface area contributed by atoms with Gasteiger partial charge < -0.3 is 14.8 Å². The van der Waals surface area contributed by atoms with Crippen LogP contribution >= 0.6 is 0 Å². The van der Waals surface area contributed by atoms with Crippen molar-refractivity contribution in [1.82, 2.24) is 15.1 Å². The molecule has 2 saturated heterocycles. The molecule has 0 aliphatic carbocycles. The number of piperidine rings is 1. The number of likely N-dealkylation sites (tertiary alicyclic amines) is 1. The summed E-state index contributed by atoms with van der Waals surface area (Å²) in [6, 6.07) is 8.29. The highest BCUT2D eigenvalue weighted by Gasteiger charge is 2.27. The van der Waals surface area contributed by atoms with Crippen molar-refractivity contribution >= 4 is 5.91 Å². The van der Waals surface area contributed by atoms with Gasteiger partial charge in [-0.25, -0.2) is 0 Å². The minimum atomic E-state index is -0.0122. The van der Waals surface area contributed by atoms with Crippen molar-refractivity contribution in [3.63, 3.8) is 0 Å². The van der Waals surface area contributed by atoms with Gasteiger partial charge in [0.05, 0.1) is 25.9 Å². The maximum Gasteiger partial charge on any atom is 0.237 e. The third-order valence-electron chi connectivity index (χ3n) is 5.44. The fourth-order valence-corrected chi connectivity index (χ4v) is 3.91. The van der Waals surface area contributed by atoms with Crippen LogP contribution in [-0.4, -0.2) is 74.8 Å². The van der Waals surface area contributed by atoms with E-state index in [-0.39, 0.29) is 11.9 Å². The van der Waals surface area contributed by atoms with Crippen molar-refractivity contribution in [3.8, 4) is 5.75 Å². The second kappa shape index (κ2) is 10.6. The summed E-state index contributed by atoms with van der Waals surface area (Å²) < 4.78 is 11.3. The molecule has 1 aromatic carbocycles. The maximum absolute atomic E-state index is 12.2. The first-order chi connectivity index (χ1) is 13.3. The number of amides is 1. The summed E-state index contributed by atoms with van der Waals surface area (Å²) in [5, 5.41) is 2.81. The van der Waals surface area contributed by atoms with E-state index in [1.54, 1.807) is 7.05 Å². The number of ether oxygens (including phenoxy) is 2. The van der Waals surface area contributed by atoms with Crippen molar-refractivity contribution in [2.45, 2.75) is 38.3 Å². The fourth-order valence-electron chi connectivity index (χ4n) is 3.91. The normalized spacial score (nSPS) is 21.7. The summed E-state index contributed by atoms with van der Waals surface area (Å²) in [5.74, 6) is 1.05. The van der Waals surface area contributed by atoms with Crippen LogP contribution in [0.1, 0.15) is 31.2 Å². The largest absolute Gasteiger partial charge is 0.494 e. The lowest BCUT2D eigenvalue weighted by molar-refractivity contribution is -0.127. The predicted molar refractivity (Wildman–Crippen MR) is 106 cm³/mol. The lowest BCUT2D eigenvalue weighted by Gasteiger charge is -2.34. The van der Waals surface area contributed by atoms with Crippen LogP contribution in [0.15, 0.2) is 24.3 Å². The molecular formula is C21H33N3O3. The van der Waals surface area contributed by atoms with E-state index in [0.29, 0.717) is 0 Å². The number of hydrogen-bond acceptors (Lipinski definition) is 5. The summed E-state index contributed by atoms with van der Waals surface area (Å²) in [5.41, 5.74) is 1.21. The molecule has 0 aromatic heterocycles. The SMILES string of the molecule is CNC(=O)C1CCCCN1Cc1cccc(OCCCN2CCOCC2)c1. The van der Waals surface area contributed by atoms with Crippen LogP contribution in [0, 0.1) is 0 Å². The average Bonchev–Trinajstić information content (AvgIpc) is 2.72. The van der Waals surface area contributed by atoms with Crippen molar-refractivity contribution in [3.05, 3.63) is 29.8 Å². The molecule has 2 aliphatic rings. The van der Waals surface area contributed by atoms with Crippen LogP contribution < -0.4 is 10.1 Å². The van der Waals surface area contributed by atoms with Gasteiger partial charge >= 0.3 is 0 Å². The minimum Gasteiger partial charge on any atom is -0.494 e. The van der Waals surface area contributed by atoms with Gasteiger partial charge in [0.25, 0.3) is 0 Å². The first kappa shape index (κ1) is 20.1. The third kappa shape index (κ3) is 6.19. The summed E-state index contributed by atoms with van der Waals surface area (Å²) >= 11 is 0. The van der Waals surface area contributed by atoms with Gasteiger partial charge in [0, 0.05) is 33.2 Å². The summed E-state index contributed by atoms with van der Waals surface area (Å²) in [7, 11) is 1.72. The molecule has 1 N–H and O–H groups in total. The van der Waals surface area contributed by atoms with E-state index >= 15 is 0 Å². The first-order valence-corrected chi connectivity index (χ1v) is 10.2. The van der Waals surface area contributed by atoms with E-state index in [0.717, 1.165) is 84.0 Å². The van der Waals surface area contributed by atoms with Gasteiger partial charge in [-0.3, -0.25) is 14.6 Å². The van der Waals surface area contributed by atoms with Crippen LogP contribution in [0.5, 0.6) is 5.75 Å². The molecule has 0 bridgehead atoms. The van der Waals surface area contributed by atoms with Crippen LogP contribution in [0.3, 0.4) is 0 Å². The molecule has 0 spiro atoms. The molecular weight excluding hydrogens is 342 g/mol. The summed E-state index contributed by atoms with van der Waals surface area (Å²) in [6.07, 6.45) is 4.25. The van der Waals surface area contributed by atoms with E-state index in [9.17, 15) is 4.79 Å². The quantitative estimate of drug-likeness (QED) is 0.703. The van der Waals surface area contributed by atoms with E-state index in [1.165, 1.54) is 5.56 Å². The second-order valence-corrected chi connectivity index (χ2v) is 7.40. The number of carbonyl (C=O) groups is 1. The highest BCUT2D eigenvalue weighted by molar-refractivity contribution is 5.81. The van der Waals surface area contributed by atoms with E-state index in [2.05, 4.69) is 27.2 Å². The zero-order chi connectivity index (χ0) is 18.9. The number of likely N-dealkylation sites (N-methyl/N-ethyl adjacent to an activating group) is 1. The van der Waals surface area contributed by atoms with Crippen molar-refractivity contribution < 1.29 is 14.3 Å². The second-order valence-electron chi connectivity index (χ2n) is 7.40. The Morgan fingerprint density at radius 2 is 2.11 bits per heavy atom. The fraction of sp³-hybridized carbons (Fsp3) is 0.667. The maximum atomic E-state index is 12.2. The zero-order valence-corrected chi connectivity index (χ0v) is 16.5. The number of nitrogens with one attached hydrogen (secondary N) is 1. The molecule has 1 atom stereocenters. The number of benzene rings is 1. The molecule has 150 valence electrons. The Hall–Kier alpha value is -1.63. The molecule has 1 unspecified atom stereocenters. The van der Waals surface area contributed by atoms with Crippen molar-refractivity contribution in [2.75, 3.05) is 53.0 Å². The predicted octanol–water partition coefficient (Wildman–Crippen LogP) is 1.89. The van der Waals surface area contributed by atoms with Gasteiger partial charge in [-0.05, 0) is 43.5 Å². The first-order valence-electron chi connectivity index (χ1n) is 10.2. The topological polar surface area (TPSA) is 54.0 Å². The molecule has 6 nitrogen and oxygen atoms in total. The third-order valence-corrected chi connectivity index (χ3v) is 5.44. The summed E-state index contributed by atoms with van der Waals surface area (Å²) in [6.45, 7) is 7.30. The minimum absolute atomic E-state index is 0.0122. The molecule has 27 heavy (non-hydrogen) atoms. The Kier molecular flexibility index (Phi) is 7.93. The molecule has 2 aliphatic heterocycles. The van der Waals surface area contributed by atoms with Gasteiger partial charge in [0.15, 0.2) is 0 Å². The number of rotatable bonds is 8. The molecule has 1 amide bonds. The lowest BCUT2D eigenvalue weighted by Crippen LogP contribution is -2.48. The monoisotopic (exact) mass is 375 g/mol. The van der Waals surface area contributed by atoms with E-state index in [4.69, 9.17) is 9.47 Å². The Morgan fingerprint density at radius 3 is 2.93 bits per heavy atom. The van der Waals surface area contributed by atoms with Gasteiger partial charge in [-0.15, -0.1) is 0 Å². The van der Waals surface area contributed by atoms with Crippen molar-refractivity contribution in [2.24, 2.45) is 0 Å². The Morgan fingerprint density at radius 1 is 1.26 bits per heavy atom. The molecule has 0 radical (unpaired) electrons. The molecule has 3 rings (SSSR count). The highest BCUT2D eigenvalue weighted by atomic mass is 16.5. The van der Waals surface area contributed by atoms with Crippen LogP contribution in [0.4, 0.5) is 0 Å². The highest BCUT2D eigenvalue weighted by Crippen LogP contribution is 2.22. The lowest BCUT2D eigenvalue weighted by atomic mass is 10.0. The van der Waals surface area contributed by atoms with Gasteiger partial charge in [-0.1, -0.05) is 18.6 Å². The number of hydrogen-bond donors (Lipinski definition) is 1. The summed E-state index contributed by atoms with van der Waals surface area (Å²) in [4.78, 5) is 16.9. The molecule has 1 aromatic rings. The molecule has 2 heterocycles. The molecule has 6 heteroatoms. The van der Waals surface area contributed by atoms with E-state index in [1.807, 2.05) is 12.1 Å². The van der Waals surface area contributed by atoms with E-state index < -0.39 is 0 Å². The molecule has 2 fully saturated rings. The van der Waals surface area contributed by atoms with Gasteiger partial charge in [-0.2, -0.15) is 0 Å². The smallest absolute Gasteiger partial charge is 0.237 e. The number of morpholine rings is 1. The van der Waals surface area contributed by atoms with Crippen molar-refractivity contribution in [1.29, 1.82) is 0 Å². The average molecular weight is 376 g/mol. The molecule has 0 saturated carbocycles. The standard InChI is InChI=1S/C21H33N3O3/c1-22-21(25)20-8-2-3-10-24(20)17-18-6-4-7-19(16-18)27-13-5-9-23-11-14-26-15-12-23/h4,6-7,16,20H,2-3,5,8-15,17H2,1H3,(H,22,25).